The Balaban J connectivity index is 1.54. The molecule has 5 rings (SSSR count). The van der Waals surface area contributed by atoms with Crippen LogP contribution >= 0.6 is 0 Å². The third-order valence-corrected chi connectivity index (χ3v) is 6.05. The number of nitrogens with two attached hydrogens (primary N) is 1. The average Bonchev–Trinajstić information content (AvgIpc) is 3.46. The SMILES string of the molecule is CC1(C)O[C@H]2[C@H](n3cnc4c(N)nc(OC5CCCC5)nc43)O[C@](CO)(CF)[C@H]2O1. The molecule has 0 bridgehead atoms. The first-order chi connectivity index (χ1) is 14.4. The van der Waals surface area contributed by atoms with Crippen molar-refractivity contribution in [2.75, 3.05) is 19.0 Å². The Hall–Kier alpha value is -2.08. The topological polar surface area (TPSA) is 127 Å². The summed E-state index contributed by atoms with van der Waals surface area (Å²) in [5.41, 5.74) is 5.33. The van der Waals surface area contributed by atoms with Gasteiger partial charge in [0.1, 0.15) is 25.0 Å². The predicted molar refractivity (Wildman–Crippen MR) is 102 cm³/mol. The number of aliphatic hydroxyl groups is 1. The third kappa shape index (κ3) is 3.03. The van der Waals surface area contributed by atoms with E-state index in [9.17, 15) is 9.50 Å². The summed E-state index contributed by atoms with van der Waals surface area (Å²) >= 11 is 0. The molecule has 2 aliphatic heterocycles. The molecule has 4 heterocycles. The van der Waals surface area contributed by atoms with E-state index in [-0.39, 0.29) is 17.9 Å². The van der Waals surface area contributed by atoms with Crippen molar-refractivity contribution in [3.05, 3.63) is 6.33 Å². The lowest BCUT2D eigenvalue weighted by Gasteiger charge is -2.30. The van der Waals surface area contributed by atoms with Gasteiger partial charge in [0.2, 0.25) is 0 Å². The van der Waals surface area contributed by atoms with Crippen LogP contribution in [-0.4, -0.2) is 67.6 Å². The van der Waals surface area contributed by atoms with Crippen LogP contribution in [0.25, 0.3) is 11.2 Å². The van der Waals surface area contributed by atoms with Crippen molar-refractivity contribution < 1.29 is 28.4 Å². The van der Waals surface area contributed by atoms with Crippen LogP contribution in [0.5, 0.6) is 6.01 Å². The van der Waals surface area contributed by atoms with E-state index in [1.165, 1.54) is 6.33 Å². The second-order valence-corrected chi connectivity index (χ2v) is 8.63. The van der Waals surface area contributed by atoms with Gasteiger partial charge in [0.25, 0.3) is 0 Å². The average molecular weight is 423 g/mol. The van der Waals surface area contributed by atoms with E-state index in [1.807, 2.05) is 0 Å². The Labute approximate surface area is 172 Å². The summed E-state index contributed by atoms with van der Waals surface area (Å²) in [7, 11) is 0. The second-order valence-electron chi connectivity index (χ2n) is 8.63. The Bertz CT molecular complexity index is 943. The number of ether oxygens (including phenoxy) is 4. The fourth-order valence-electron chi connectivity index (χ4n) is 4.58. The Morgan fingerprint density at radius 3 is 2.73 bits per heavy atom. The van der Waals surface area contributed by atoms with Crippen molar-refractivity contribution in [2.45, 2.75) is 75.5 Å². The Kier molecular flexibility index (Phi) is 4.62. The molecule has 1 aliphatic carbocycles. The van der Waals surface area contributed by atoms with E-state index >= 15 is 0 Å². The van der Waals surface area contributed by atoms with E-state index in [2.05, 4.69) is 15.0 Å². The lowest BCUT2D eigenvalue weighted by molar-refractivity contribution is -0.229. The van der Waals surface area contributed by atoms with Crippen molar-refractivity contribution >= 4 is 17.0 Å². The number of nitrogen functional groups attached to an aromatic ring is 1. The molecular formula is C19H26FN5O5. The molecule has 164 valence electrons. The summed E-state index contributed by atoms with van der Waals surface area (Å²) in [6.45, 7) is 1.99. The first kappa shape index (κ1) is 19.9. The highest BCUT2D eigenvalue weighted by molar-refractivity contribution is 5.82. The number of hydrogen-bond donors (Lipinski definition) is 2. The van der Waals surface area contributed by atoms with Gasteiger partial charge in [0.05, 0.1) is 12.9 Å². The highest BCUT2D eigenvalue weighted by atomic mass is 19.1. The minimum Gasteiger partial charge on any atom is -0.460 e. The van der Waals surface area contributed by atoms with Crippen LogP contribution in [0.15, 0.2) is 6.33 Å². The summed E-state index contributed by atoms with van der Waals surface area (Å²) < 4.78 is 39.4. The van der Waals surface area contributed by atoms with Crippen LogP contribution in [0.3, 0.4) is 0 Å². The number of anilines is 1. The molecule has 11 heteroatoms. The largest absolute Gasteiger partial charge is 0.460 e. The maximum Gasteiger partial charge on any atom is 0.320 e. The van der Waals surface area contributed by atoms with Crippen molar-refractivity contribution in [3.63, 3.8) is 0 Å². The molecule has 3 fully saturated rings. The molecule has 30 heavy (non-hydrogen) atoms. The van der Waals surface area contributed by atoms with Gasteiger partial charge in [-0.25, -0.2) is 9.37 Å². The fraction of sp³-hybridized carbons (Fsp3) is 0.737. The van der Waals surface area contributed by atoms with E-state index in [0.29, 0.717) is 11.2 Å². The number of aliphatic hydroxyl groups excluding tert-OH is 1. The van der Waals surface area contributed by atoms with E-state index in [1.54, 1.807) is 18.4 Å². The van der Waals surface area contributed by atoms with Gasteiger partial charge < -0.3 is 29.8 Å². The molecule has 2 aromatic rings. The first-order valence-electron chi connectivity index (χ1n) is 10.2. The van der Waals surface area contributed by atoms with Gasteiger partial charge in [-0.2, -0.15) is 9.97 Å². The second kappa shape index (κ2) is 6.98. The molecule has 3 aliphatic rings. The van der Waals surface area contributed by atoms with Gasteiger partial charge in [-0.05, 0) is 39.5 Å². The van der Waals surface area contributed by atoms with Gasteiger partial charge >= 0.3 is 6.01 Å². The highest BCUT2D eigenvalue weighted by Gasteiger charge is 2.63. The molecule has 3 N–H and O–H groups in total. The zero-order valence-corrected chi connectivity index (χ0v) is 17.0. The first-order valence-corrected chi connectivity index (χ1v) is 10.2. The van der Waals surface area contributed by atoms with E-state index in [4.69, 9.17) is 24.7 Å². The summed E-state index contributed by atoms with van der Waals surface area (Å²) in [6.07, 6.45) is 3.39. The van der Waals surface area contributed by atoms with Gasteiger partial charge in [-0.3, -0.25) is 4.57 Å². The molecule has 10 nitrogen and oxygen atoms in total. The van der Waals surface area contributed by atoms with E-state index in [0.717, 1.165) is 25.7 Å². The quantitative estimate of drug-likeness (QED) is 0.735. The monoisotopic (exact) mass is 423 g/mol. The van der Waals surface area contributed by atoms with Gasteiger partial charge in [-0.15, -0.1) is 0 Å². The molecule has 0 spiro atoms. The number of fused-ring (bicyclic) bond motifs is 2. The molecule has 2 saturated heterocycles. The molecular weight excluding hydrogens is 397 g/mol. The third-order valence-electron chi connectivity index (χ3n) is 6.05. The standard InChI is InChI=1S/C19H26FN5O5/c1-18(2)28-12-13(29-18)19(7-20,8-26)30-16(12)25-9-22-11-14(21)23-17(24-15(11)25)27-10-5-3-4-6-10/h9-10,12-13,16,26H,3-8H2,1-2H3,(H2,21,23,24)/t12-,13+,16-,19+/m1/s1. The summed E-state index contributed by atoms with van der Waals surface area (Å²) in [5, 5.41) is 9.92. The Morgan fingerprint density at radius 2 is 2.03 bits per heavy atom. The lowest BCUT2D eigenvalue weighted by Crippen LogP contribution is -2.48. The zero-order chi connectivity index (χ0) is 21.1. The molecule has 0 unspecified atom stereocenters. The molecule has 0 aromatic carbocycles. The van der Waals surface area contributed by atoms with Crippen molar-refractivity contribution in [1.29, 1.82) is 0 Å². The summed E-state index contributed by atoms with van der Waals surface area (Å²) in [6, 6.07) is 0.172. The van der Waals surface area contributed by atoms with E-state index < -0.39 is 43.1 Å². The van der Waals surface area contributed by atoms with Crippen molar-refractivity contribution in [2.24, 2.45) is 0 Å². The maximum atomic E-state index is 14.0. The van der Waals surface area contributed by atoms with Gasteiger partial charge in [-0.1, -0.05) is 0 Å². The number of nitrogens with zero attached hydrogens (tertiary/aromatic N) is 4. The number of halogens is 1. The van der Waals surface area contributed by atoms with Crippen LogP contribution in [0.4, 0.5) is 10.2 Å². The predicted octanol–water partition coefficient (Wildman–Crippen LogP) is 1.48. The molecule has 0 radical (unpaired) electrons. The zero-order valence-electron chi connectivity index (χ0n) is 17.0. The Morgan fingerprint density at radius 1 is 1.27 bits per heavy atom. The smallest absolute Gasteiger partial charge is 0.320 e. The maximum absolute atomic E-state index is 14.0. The van der Waals surface area contributed by atoms with Crippen LogP contribution in [0.2, 0.25) is 0 Å². The number of alkyl halides is 1. The molecule has 2 aromatic heterocycles. The van der Waals surface area contributed by atoms with Crippen LogP contribution < -0.4 is 10.5 Å². The van der Waals surface area contributed by atoms with Gasteiger partial charge in [0.15, 0.2) is 34.6 Å². The fourth-order valence-corrected chi connectivity index (χ4v) is 4.58. The number of aromatic nitrogens is 4. The summed E-state index contributed by atoms with van der Waals surface area (Å²) in [4.78, 5) is 13.0. The van der Waals surface area contributed by atoms with Crippen LogP contribution in [-0.2, 0) is 14.2 Å². The lowest BCUT2D eigenvalue weighted by atomic mass is 9.98. The minimum absolute atomic E-state index is 0.0614. The summed E-state index contributed by atoms with van der Waals surface area (Å²) in [5.74, 6) is -0.766. The van der Waals surface area contributed by atoms with Gasteiger partial charge in [0, 0.05) is 0 Å². The molecule has 1 saturated carbocycles. The number of rotatable bonds is 5. The normalized spacial score (nSPS) is 33.4. The van der Waals surface area contributed by atoms with Crippen LogP contribution in [0.1, 0.15) is 45.8 Å². The number of hydrogen-bond acceptors (Lipinski definition) is 9. The molecule has 0 amide bonds. The molecule has 4 atom stereocenters. The number of imidazole rings is 1. The van der Waals surface area contributed by atoms with Crippen molar-refractivity contribution in [3.8, 4) is 6.01 Å². The van der Waals surface area contributed by atoms with Crippen molar-refractivity contribution in [1.82, 2.24) is 19.5 Å². The highest BCUT2D eigenvalue weighted by Crippen LogP contribution is 2.48. The van der Waals surface area contributed by atoms with Crippen LogP contribution in [0, 0.1) is 0 Å². The minimum atomic E-state index is -1.54.